The van der Waals surface area contributed by atoms with Gasteiger partial charge in [-0.3, -0.25) is 9.59 Å². The van der Waals surface area contributed by atoms with Crippen LogP contribution in [0.2, 0.25) is 0 Å². The summed E-state index contributed by atoms with van der Waals surface area (Å²) in [7, 11) is 0. The molecule has 1 N–H and O–H groups in total. The minimum atomic E-state index is -0.332. The summed E-state index contributed by atoms with van der Waals surface area (Å²) in [5.41, 5.74) is 4.25. The van der Waals surface area contributed by atoms with Crippen molar-refractivity contribution in [3.8, 4) is 0 Å². The Hall–Kier alpha value is -2.40. The summed E-state index contributed by atoms with van der Waals surface area (Å²) in [4.78, 5) is 25.6. The minimum absolute atomic E-state index is 0.197. The van der Waals surface area contributed by atoms with Gasteiger partial charge in [0.2, 0.25) is 5.43 Å². The summed E-state index contributed by atoms with van der Waals surface area (Å²) >= 11 is 3.48. The van der Waals surface area contributed by atoms with Crippen LogP contribution >= 0.6 is 15.9 Å². The van der Waals surface area contributed by atoms with E-state index < -0.39 is 0 Å². The van der Waals surface area contributed by atoms with Crippen LogP contribution in [0.15, 0.2) is 51.9 Å². The second kappa shape index (κ2) is 6.40. The van der Waals surface area contributed by atoms with Gasteiger partial charge in [0, 0.05) is 28.6 Å². The first kappa shape index (κ1) is 17.0. The standard InChI is InChI=1S/C21H19BrN2O2/c1-12-3-5-14(6-4-12)10-23-21(26)18-11-24-13(2)7-15-8-16(22)9-17(19(15)24)20(18)25/h3-6,8-9,11,13H,7,10H2,1-2H3,(H,23,26)/t13-/m0/s1. The molecule has 0 radical (unpaired) electrons. The van der Waals surface area contributed by atoms with Gasteiger partial charge in [-0.05, 0) is 43.5 Å². The van der Waals surface area contributed by atoms with Crippen LogP contribution in [0.25, 0.3) is 10.9 Å². The Morgan fingerprint density at radius 2 is 2.00 bits per heavy atom. The van der Waals surface area contributed by atoms with E-state index in [2.05, 4.69) is 38.8 Å². The number of hydrogen-bond donors (Lipinski definition) is 1. The second-order valence-electron chi connectivity index (χ2n) is 6.96. The highest BCUT2D eigenvalue weighted by atomic mass is 79.9. The first-order chi connectivity index (χ1) is 12.4. The summed E-state index contributed by atoms with van der Waals surface area (Å²) in [6, 6.07) is 12.1. The average molecular weight is 411 g/mol. The molecule has 0 spiro atoms. The molecular formula is C21H19BrN2O2. The summed E-state index contributed by atoms with van der Waals surface area (Å²) in [6.07, 6.45) is 2.58. The van der Waals surface area contributed by atoms with E-state index in [1.54, 1.807) is 6.20 Å². The third-order valence-electron chi connectivity index (χ3n) is 4.98. The van der Waals surface area contributed by atoms with Gasteiger partial charge in [0.1, 0.15) is 5.56 Å². The van der Waals surface area contributed by atoms with Crippen LogP contribution in [-0.2, 0) is 13.0 Å². The lowest BCUT2D eigenvalue weighted by atomic mass is 10.1. The lowest BCUT2D eigenvalue weighted by Gasteiger charge is -2.13. The van der Waals surface area contributed by atoms with Gasteiger partial charge in [-0.2, -0.15) is 0 Å². The highest BCUT2D eigenvalue weighted by molar-refractivity contribution is 9.10. The smallest absolute Gasteiger partial charge is 0.257 e. The lowest BCUT2D eigenvalue weighted by Crippen LogP contribution is -2.29. The SMILES string of the molecule is Cc1ccc(CNC(=O)c2cn3c4c(cc(Br)cc4c2=O)C[C@@H]3C)cc1. The molecule has 2 heterocycles. The molecule has 4 rings (SSSR count). The molecule has 0 bridgehead atoms. The van der Waals surface area contributed by atoms with E-state index in [-0.39, 0.29) is 22.9 Å². The van der Waals surface area contributed by atoms with E-state index in [9.17, 15) is 9.59 Å². The predicted molar refractivity (Wildman–Crippen MR) is 107 cm³/mol. The molecule has 132 valence electrons. The number of rotatable bonds is 3. The zero-order valence-electron chi connectivity index (χ0n) is 14.7. The van der Waals surface area contributed by atoms with Crippen molar-refractivity contribution in [1.29, 1.82) is 0 Å². The maximum absolute atomic E-state index is 12.9. The number of benzene rings is 2. The second-order valence-corrected chi connectivity index (χ2v) is 7.88. The van der Waals surface area contributed by atoms with Crippen molar-refractivity contribution in [3.05, 3.63) is 79.5 Å². The number of aromatic nitrogens is 1. The molecule has 1 aliphatic rings. The molecule has 0 saturated carbocycles. The molecule has 2 aromatic carbocycles. The lowest BCUT2D eigenvalue weighted by molar-refractivity contribution is 0.0949. The van der Waals surface area contributed by atoms with Crippen LogP contribution in [0.4, 0.5) is 0 Å². The number of hydrogen-bond acceptors (Lipinski definition) is 2. The minimum Gasteiger partial charge on any atom is -0.348 e. The normalized spacial score (nSPS) is 15.4. The van der Waals surface area contributed by atoms with Gasteiger partial charge in [0.25, 0.3) is 5.91 Å². The fraction of sp³-hybridized carbons (Fsp3) is 0.238. The average Bonchev–Trinajstić information content (AvgIpc) is 2.92. The van der Waals surface area contributed by atoms with Crippen molar-refractivity contribution in [3.63, 3.8) is 0 Å². The van der Waals surface area contributed by atoms with Crippen molar-refractivity contribution >= 4 is 32.7 Å². The Labute approximate surface area is 160 Å². The van der Waals surface area contributed by atoms with Gasteiger partial charge < -0.3 is 9.88 Å². The topological polar surface area (TPSA) is 51.1 Å². The van der Waals surface area contributed by atoms with E-state index in [1.807, 2.05) is 37.3 Å². The quantitative estimate of drug-likeness (QED) is 0.705. The molecule has 0 unspecified atom stereocenters. The molecule has 0 aliphatic carbocycles. The molecule has 26 heavy (non-hydrogen) atoms. The van der Waals surface area contributed by atoms with E-state index in [0.29, 0.717) is 11.9 Å². The number of amides is 1. The molecular weight excluding hydrogens is 392 g/mol. The zero-order valence-corrected chi connectivity index (χ0v) is 16.3. The van der Waals surface area contributed by atoms with Crippen LogP contribution in [-0.4, -0.2) is 10.5 Å². The van der Waals surface area contributed by atoms with Crippen LogP contribution in [0, 0.1) is 6.92 Å². The first-order valence-corrected chi connectivity index (χ1v) is 9.44. The monoisotopic (exact) mass is 410 g/mol. The van der Waals surface area contributed by atoms with Crippen molar-refractivity contribution in [2.45, 2.75) is 32.9 Å². The molecule has 5 heteroatoms. The van der Waals surface area contributed by atoms with Crippen LogP contribution < -0.4 is 10.7 Å². The number of nitrogens with zero attached hydrogens (tertiary/aromatic N) is 1. The summed E-state index contributed by atoms with van der Waals surface area (Å²) in [6.45, 7) is 4.52. The van der Waals surface area contributed by atoms with E-state index in [0.717, 1.165) is 27.5 Å². The van der Waals surface area contributed by atoms with Gasteiger partial charge in [-0.25, -0.2) is 0 Å². The van der Waals surface area contributed by atoms with E-state index >= 15 is 0 Å². The third kappa shape index (κ3) is 2.86. The first-order valence-electron chi connectivity index (χ1n) is 8.65. The van der Waals surface area contributed by atoms with Gasteiger partial charge in [-0.15, -0.1) is 0 Å². The summed E-state index contributed by atoms with van der Waals surface area (Å²) < 4.78 is 2.93. The third-order valence-corrected chi connectivity index (χ3v) is 5.44. The van der Waals surface area contributed by atoms with Crippen LogP contribution in [0.1, 0.15) is 40.0 Å². The molecule has 1 atom stereocenters. The van der Waals surface area contributed by atoms with Gasteiger partial charge in [-0.1, -0.05) is 45.8 Å². The Kier molecular flexibility index (Phi) is 4.19. The predicted octanol–water partition coefficient (Wildman–Crippen LogP) is 4.12. The highest BCUT2D eigenvalue weighted by Crippen LogP contribution is 2.33. The molecule has 0 saturated heterocycles. The molecule has 1 amide bonds. The number of carbonyl (C=O) groups is 1. The maximum atomic E-state index is 12.9. The number of aryl methyl sites for hydroxylation is 1. The Balaban J connectivity index is 1.71. The fourth-order valence-electron chi connectivity index (χ4n) is 3.61. The molecule has 1 aromatic heterocycles. The number of halogens is 1. The van der Waals surface area contributed by atoms with Crippen LogP contribution in [0.3, 0.4) is 0 Å². The van der Waals surface area contributed by atoms with Gasteiger partial charge in [0.15, 0.2) is 0 Å². The largest absolute Gasteiger partial charge is 0.348 e. The Bertz CT molecular complexity index is 1080. The highest BCUT2D eigenvalue weighted by Gasteiger charge is 2.25. The van der Waals surface area contributed by atoms with E-state index in [4.69, 9.17) is 0 Å². The Morgan fingerprint density at radius 3 is 2.73 bits per heavy atom. The summed E-state index contributed by atoms with van der Waals surface area (Å²) in [5, 5.41) is 3.47. The zero-order chi connectivity index (χ0) is 18.4. The number of nitrogens with one attached hydrogen (secondary N) is 1. The molecule has 1 aliphatic heterocycles. The fourth-order valence-corrected chi connectivity index (χ4v) is 4.11. The number of pyridine rings is 1. The molecule has 0 fully saturated rings. The Morgan fingerprint density at radius 1 is 1.27 bits per heavy atom. The van der Waals surface area contributed by atoms with Crippen molar-refractivity contribution in [2.75, 3.05) is 0 Å². The van der Waals surface area contributed by atoms with Gasteiger partial charge in [0.05, 0.1) is 5.52 Å². The summed E-state index contributed by atoms with van der Waals surface area (Å²) in [5.74, 6) is -0.332. The molecule has 3 aromatic rings. The van der Waals surface area contributed by atoms with Crippen molar-refractivity contribution in [1.82, 2.24) is 9.88 Å². The van der Waals surface area contributed by atoms with Crippen LogP contribution in [0.5, 0.6) is 0 Å². The van der Waals surface area contributed by atoms with Crippen molar-refractivity contribution in [2.24, 2.45) is 0 Å². The number of carbonyl (C=O) groups excluding carboxylic acids is 1. The van der Waals surface area contributed by atoms with Crippen molar-refractivity contribution < 1.29 is 4.79 Å². The van der Waals surface area contributed by atoms with E-state index in [1.165, 1.54) is 5.56 Å². The maximum Gasteiger partial charge on any atom is 0.257 e. The van der Waals surface area contributed by atoms with Gasteiger partial charge >= 0.3 is 0 Å². The molecule has 4 nitrogen and oxygen atoms in total.